The molecule has 4 rings (SSSR count). The van der Waals surface area contributed by atoms with Gasteiger partial charge < -0.3 is 24.3 Å². The van der Waals surface area contributed by atoms with Crippen LogP contribution in [0.15, 0.2) is 36.4 Å². The third-order valence-corrected chi connectivity index (χ3v) is 3.67. The lowest BCUT2D eigenvalue weighted by Gasteiger charge is -2.18. The van der Waals surface area contributed by atoms with Gasteiger partial charge in [-0.3, -0.25) is 4.90 Å². The van der Waals surface area contributed by atoms with E-state index in [9.17, 15) is 4.79 Å². The van der Waals surface area contributed by atoms with Crippen molar-refractivity contribution in [1.29, 1.82) is 0 Å². The molecule has 0 fully saturated rings. The summed E-state index contributed by atoms with van der Waals surface area (Å²) in [5.74, 6) is 2.60. The number of nitrogens with zero attached hydrogens (tertiary/aromatic N) is 1. The van der Waals surface area contributed by atoms with Gasteiger partial charge in [-0.25, -0.2) is 4.79 Å². The summed E-state index contributed by atoms with van der Waals surface area (Å²) in [6.45, 7) is 0.399. The summed E-state index contributed by atoms with van der Waals surface area (Å²) in [6.07, 6.45) is 0. The summed E-state index contributed by atoms with van der Waals surface area (Å²) in [7, 11) is 1.68. The zero-order valence-electron chi connectivity index (χ0n) is 12.4. The molecule has 7 heteroatoms. The Kier molecular flexibility index (Phi) is 3.11. The van der Waals surface area contributed by atoms with E-state index in [0.717, 1.165) is 0 Å². The Morgan fingerprint density at radius 1 is 0.913 bits per heavy atom. The molecule has 0 aromatic heterocycles. The number of ether oxygens (including phenoxy) is 4. The van der Waals surface area contributed by atoms with Crippen LogP contribution in [-0.2, 0) is 0 Å². The maximum Gasteiger partial charge on any atom is 0.326 e. The van der Waals surface area contributed by atoms with E-state index in [1.54, 1.807) is 43.4 Å². The second kappa shape index (κ2) is 5.28. The smallest absolute Gasteiger partial charge is 0.326 e. The fourth-order valence-electron chi connectivity index (χ4n) is 2.39. The predicted molar refractivity (Wildman–Crippen MR) is 82.6 cm³/mol. The van der Waals surface area contributed by atoms with Crippen LogP contribution in [0.1, 0.15) is 0 Å². The molecule has 2 heterocycles. The quantitative estimate of drug-likeness (QED) is 0.923. The average molecular weight is 314 g/mol. The number of benzene rings is 2. The van der Waals surface area contributed by atoms with Gasteiger partial charge in [0.1, 0.15) is 0 Å². The Labute approximate surface area is 132 Å². The van der Waals surface area contributed by atoms with Crippen molar-refractivity contribution in [2.75, 3.05) is 30.9 Å². The molecule has 0 radical (unpaired) electrons. The van der Waals surface area contributed by atoms with E-state index < -0.39 is 0 Å². The van der Waals surface area contributed by atoms with Crippen molar-refractivity contribution < 1.29 is 23.7 Å². The summed E-state index contributed by atoms with van der Waals surface area (Å²) < 4.78 is 21.1. The van der Waals surface area contributed by atoms with Crippen LogP contribution in [0.25, 0.3) is 0 Å². The van der Waals surface area contributed by atoms with Gasteiger partial charge in [0.25, 0.3) is 0 Å². The number of nitrogens with one attached hydrogen (secondary N) is 1. The second-order valence-electron chi connectivity index (χ2n) is 5.09. The fourth-order valence-corrected chi connectivity index (χ4v) is 2.39. The fraction of sp³-hybridized carbons (Fsp3) is 0.188. The lowest BCUT2D eigenvalue weighted by molar-refractivity contribution is 0.173. The highest BCUT2D eigenvalue weighted by atomic mass is 16.7. The van der Waals surface area contributed by atoms with E-state index in [0.29, 0.717) is 34.4 Å². The summed E-state index contributed by atoms with van der Waals surface area (Å²) in [5, 5.41) is 2.82. The molecule has 2 aromatic carbocycles. The Bertz CT molecular complexity index is 777. The first-order chi connectivity index (χ1) is 11.2. The summed E-state index contributed by atoms with van der Waals surface area (Å²) >= 11 is 0. The molecule has 2 aliphatic heterocycles. The first kappa shape index (κ1) is 13.6. The Morgan fingerprint density at radius 3 is 2.26 bits per heavy atom. The number of fused-ring (bicyclic) bond motifs is 2. The van der Waals surface area contributed by atoms with Crippen molar-refractivity contribution in [2.24, 2.45) is 0 Å². The molecule has 0 aliphatic carbocycles. The minimum atomic E-state index is -0.275. The van der Waals surface area contributed by atoms with Crippen LogP contribution in [0.4, 0.5) is 16.2 Å². The number of amides is 2. The molecule has 2 aromatic rings. The Hall–Kier alpha value is -3.09. The van der Waals surface area contributed by atoms with Crippen molar-refractivity contribution in [3.05, 3.63) is 36.4 Å². The van der Waals surface area contributed by atoms with Crippen LogP contribution in [-0.4, -0.2) is 26.7 Å². The first-order valence-corrected chi connectivity index (χ1v) is 7.05. The zero-order chi connectivity index (χ0) is 15.8. The number of carbonyl (C=O) groups excluding carboxylic acids is 1. The third-order valence-electron chi connectivity index (χ3n) is 3.67. The maximum atomic E-state index is 12.4. The maximum absolute atomic E-state index is 12.4. The standard InChI is InChI=1S/C16H14N2O5/c1-18(11-3-5-13-15(7-11)23-9-21-13)16(19)17-10-2-4-12-14(6-10)22-8-20-12/h2-7H,8-9H2,1H3,(H,17,19). The van der Waals surface area contributed by atoms with Gasteiger partial charge in [-0.15, -0.1) is 0 Å². The van der Waals surface area contributed by atoms with E-state index in [4.69, 9.17) is 18.9 Å². The number of hydrogen-bond donors (Lipinski definition) is 1. The van der Waals surface area contributed by atoms with E-state index in [-0.39, 0.29) is 19.6 Å². The van der Waals surface area contributed by atoms with Crippen molar-refractivity contribution in [3.63, 3.8) is 0 Å². The molecule has 7 nitrogen and oxygen atoms in total. The molecular weight excluding hydrogens is 300 g/mol. The molecule has 2 amide bonds. The van der Waals surface area contributed by atoms with Crippen LogP contribution >= 0.6 is 0 Å². The highest BCUT2D eigenvalue weighted by Gasteiger charge is 2.19. The molecule has 2 aliphatic rings. The molecule has 0 bridgehead atoms. The number of urea groups is 1. The van der Waals surface area contributed by atoms with Crippen LogP contribution in [0.2, 0.25) is 0 Å². The van der Waals surface area contributed by atoms with Crippen molar-refractivity contribution in [2.45, 2.75) is 0 Å². The van der Waals surface area contributed by atoms with Crippen LogP contribution < -0.4 is 29.2 Å². The van der Waals surface area contributed by atoms with Gasteiger partial charge in [0.2, 0.25) is 13.6 Å². The number of anilines is 2. The molecule has 0 spiro atoms. The highest BCUT2D eigenvalue weighted by molar-refractivity contribution is 6.01. The topological polar surface area (TPSA) is 69.3 Å². The molecule has 0 unspecified atom stereocenters. The first-order valence-electron chi connectivity index (χ1n) is 7.05. The van der Waals surface area contributed by atoms with E-state index >= 15 is 0 Å². The van der Waals surface area contributed by atoms with Crippen molar-refractivity contribution in [3.8, 4) is 23.0 Å². The average Bonchev–Trinajstić information content (AvgIpc) is 3.21. The SMILES string of the molecule is CN(C(=O)Nc1ccc2c(c1)OCO2)c1ccc2c(c1)OCO2. The molecule has 118 valence electrons. The Balaban J connectivity index is 1.50. The summed E-state index contributed by atoms with van der Waals surface area (Å²) in [4.78, 5) is 13.9. The minimum absolute atomic E-state index is 0.198. The number of carbonyl (C=O) groups is 1. The molecule has 1 N–H and O–H groups in total. The highest BCUT2D eigenvalue weighted by Crippen LogP contribution is 2.36. The van der Waals surface area contributed by atoms with Gasteiger partial charge in [-0.2, -0.15) is 0 Å². The van der Waals surface area contributed by atoms with Crippen LogP contribution in [0, 0.1) is 0 Å². The van der Waals surface area contributed by atoms with Gasteiger partial charge in [-0.05, 0) is 24.3 Å². The van der Waals surface area contributed by atoms with Gasteiger partial charge >= 0.3 is 6.03 Å². The van der Waals surface area contributed by atoms with E-state index in [1.165, 1.54) is 4.90 Å². The monoisotopic (exact) mass is 314 g/mol. The zero-order valence-corrected chi connectivity index (χ0v) is 12.4. The van der Waals surface area contributed by atoms with Crippen molar-refractivity contribution in [1.82, 2.24) is 0 Å². The van der Waals surface area contributed by atoms with Crippen molar-refractivity contribution >= 4 is 17.4 Å². The molecule has 0 atom stereocenters. The lowest BCUT2D eigenvalue weighted by Crippen LogP contribution is -2.31. The third kappa shape index (κ3) is 2.46. The normalized spacial score (nSPS) is 13.8. The minimum Gasteiger partial charge on any atom is -0.454 e. The van der Waals surface area contributed by atoms with Gasteiger partial charge in [-0.1, -0.05) is 0 Å². The van der Waals surface area contributed by atoms with Gasteiger partial charge in [0.15, 0.2) is 23.0 Å². The van der Waals surface area contributed by atoms with E-state index in [1.807, 2.05) is 0 Å². The molecule has 0 saturated heterocycles. The van der Waals surface area contributed by atoms with Crippen LogP contribution in [0.3, 0.4) is 0 Å². The van der Waals surface area contributed by atoms with E-state index in [2.05, 4.69) is 5.32 Å². The molecular formula is C16H14N2O5. The van der Waals surface area contributed by atoms with Gasteiger partial charge in [0, 0.05) is 30.6 Å². The summed E-state index contributed by atoms with van der Waals surface area (Å²) in [5.41, 5.74) is 1.33. The number of rotatable bonds is 2. The lowest BCUT2D eigenvalue weighted by atomic mass is 10.2. The number of hydrogen-bond acceptors (Lipinski definition) is 5. The largest absolute Gasteiger partial charge is 0.454 e. The predicted octanol–water partition coefficient (Wildman–Crippen LogP) is 2.81. The molecule has 0 saturated carbocycles. The molecule has 23 heavy (non-hydrogen) atoms. The summed E-state index contributed by atoms with van der Waals surface area (Å²) in [6, 6.07) is 10.3. The second-order valence-corrected chi connectivity index (χ2v) is 5.09. The Morgan fingerprint density at radius 2 is 1.52 bits per heavy atom. The van der Waals surface area contributed by atoms with Gasteiger partial charge in [0.05, 0.1) is 0 Å². The van der Waals surface area contributed by atoms with Crippen LogP contribution in [0.5, 0.6) is 23.0 Å².